The second-order valence-electron chi connectivity index (χ2n) is 3.42. The molecule has 0 aliphatic carbocycles. The van der Waals surface area contributed by atoms with Crippen LogP contribution in [0.4, 0.5) is 5.82 Å². The lowest BCUT2D eigenvalue weighted by molar-refractivity contribution is -0.119. The van der Waals surface area contributed by atoms with Gasteiger partial charge in [-0.1, -0.05) is 11.6 Å². The lowest BCUT2D eigenvalue weighted by atomic mass is 10.3. The molecular weight excluding hydrogens is 240 g/mol. The molecule has 0 aromatic carbocycles. The van der Waals surface area contributed by atoms with Gasteiger partial charge in [0.1, 0.15) is 16.9 Å². The molecule has 0 spiro atoms. The van der Waals surface area contributed by atoms with E-state index in [1.807, 2.05) is 13.0 Å². The highest BCUT2D eigenvalue weighted by molar-refractivity contribution is 6.34. The summed E-state index contributed by atoms with van der Waals surface area (Å²) in [4.78, 5) is 17.1. The van der Waals surface area contributed by atoms with Crippen molar-refractivity contribution in [3.05, 3.63) is 22.8 Å². The second kappa shape index (κ2) is 6.06. The van der Waals surface area contributed by atoms with Crippen molar-refractivity contribution in [2.75, 3.05) is 25.0 Å². The van der Waals surface area contributed by atoms with Gasteiger partial charge in [-0.15, -0.1) is 0 Å². The maximum Gasteiger partial charge on any atom is 0.239 e. The van der Waals surface area contributed by atoms with Crippen molar-refractivity contribution < 1.29 is 4.79 Å². The number of carbonyl (C=O) groups excluding carboxylic acids is 1. The van der Waals surface area contributed by atoms with Crippen LogP contribution in [0.1, 0.15) is 12.5 Å². The number of hydrogen-bond acceptors (Lipinski definition) is 4. The van der Waals surface area contributed by atoms with Crippen molar-refractivity contribution in [1.29, 1.82) is 5.26 Å². The van der Waals surface area contributed by atoms with Gasteiger partial charge in [-0.25, -0.2) is 4.98 Å². The lowest BCUT2D eigenvalue weighted by Crippen LogP contribution is -2.35. The predicted molar refractivity (Wildman–Crippen MR) is 65.9 cm³/mol. The Bertz CT molecular complexity index is 455. The Kier molecular flexibility index (Phi) is 4.73. The Morgan fingerprint density at radius 3 is 3.00 bits per heavy atom. The molecule has 0 atom stereocenters. The number of amides is 1. The van der Waals surface area contributed by atoms with E-state index in [9.17, 15) is 4.79 Å². The molecule has 1 rings (SSSR count). The van der Waals surface area contributed by atoms with Gasteiger partial charge in [0.25, 0.3) is 0 Å². The molecule has 0 bridgehead atoms. The third-order valence-corrected chi connectivity index (χ3v) is 2.48. The Balaban J connectivity index is 2.86. The monoisotopic (exact) mass is 252 g/mol. The highest BCUT2D eigenvalue weighted by Crippen LogP contribution is 2.25. The smallest absolute Gasteiger partial charge is 0.239 e. The summed E-state index contributed by atoms with van der Waals surface area (Å²) in [5, 5.41) is 11.8. The first-order valence-corrected chi connectivity index (χ1v) is 5.50. The average Bonchev–Trinajstić information content (AvgIpc) is 2.29. The fourth-order valence-electron chi connectivity index (χ4n) is 1.33. The highest BCUT2D eigenvalue weighted by atomic mass is 35.5. The third kappa shape index (κ3) is 3.33. The van der Waals surface area contributed by atoms with Gasteiger partial charge in [-0.05, 0) is 13.0 Å². The van der Waals surface area contributed by atoms with Crippen molar-refractivity contribution in [1.82, 2.24) is 10.3 Å². The van der Waals surface area contributed by atoms with Gasteiger partial charge in [-0.2, -0.15) is 5.26 Å². The summed E-state index contributed by atoms with van der Waals surface area (Å²) in [6.07, 6.45) is 1.49. The van der Waals surface area contributed by atoms with Gasteiger partial charge in [0.2, 0.25) is 5.91 Å². The maximum absolute atomic E-state index is 11.4. The van der Waals surface area contributed by atoms with E-state index in [0.29, 0.717) is 17.9 Å². The van der Waals surface area contributed by atoms with Crippen LogP contribution in [0.25, 0.3) is 0 Å². The zero-order chi connectivity index (χ0) is 12.8. The molecule has 1 amide bonds. The topological polar surface area (TPSA) is 69.0 Å². The van der Waals surface area contributed by atoms with E-state index in [2.05, 4.69) is 10.3 Å². The number of anilines is 1. The predicted octanol–water partition coefficient (Wildman–Crippen LogP) is 1.18. The first kappa shape index (κ1) is 13.3. The van der Waals surface area contributed by atoms with Crippen LogP contribution in [0, 0.1) is 11.3 Å². The minimum atomic E-state index is -0.116. The van der Waals surface area contributed by atoms with E-state index < -0.39 is 0 Å². The summed E-state index contributed by atoms with van der Waals surface area (Å²) < 4.78 is 0. The molecule has 0 radical (unpaired) electrons. The summed E-state index contributed by atoms with van der Waals surface area (Å²) >= 11 is 6.01. The largest absolute Gasteiger partial charge is 0.355 e. The zero-order valence-electron chi connectivity index (χ0n) is 9.70. The Morgan fingerprint density at radius 1 is 1.71 bits per heavy atom. The third-order valence-electron chi connectivity index (χ3n) is 2.11. The van der Waals surface area contributed by atoms with Crippen LogP contribution in [0.5, 0.6) is 0 Å². The molecule has 1 heterocycles. The van der Waals surface area contributed by atoms with E-state index >= 15 is 0 Å². The number of hydrogen-bond donors (Lipinski definition) is 1. The number of rotatable bonds is 4. The molecule has 1 aromatic rings. The van der Waals surface area contributed by atoms with E-state index in [-0.39, 0.29) is 17.5 Å². The van der Waals surface area contributed by atoms with Gasteiger partial charge in [-0.3, -0.25) is 4.79 Å². The van der Waals surface area contributed by atoms with Gasteiger partial charge in [0.05, 0.1) is 12.1 Å². The fourth-order valence-corrected chi connectivity index (χ4v) is 1.63. The van der Waals surface area contributed by atoms with Gasteiger partial charge in [0.15, 0.2) is 0 Å². The molecule has 0 aliphatic heterocycles. The average molecular weight is 253 g/mol. The minimum Gasteiger partial charge on any atom is -0.355 e. The second-order valence-corrected chi connectivity index (χ2v) is 3.80. The summed E-state index contributed by atoms with van der Waals surface area (Å²) in [7, 11) is 1.70. The molecule has 1 N–H and O–H groups in total. The molecule has 0 saturated carbocycles. The first-order chi connectivity index (χ1) is 8.10. The zero-order valence-corrected chi connectivity index (χ0v) is 10.5. The van der Waals surface area contributed by atoms with Crippen LogP contribution in [-0.4, -0.2) is 31.0 Å². The number of aromatic nitrogens is 1. The number of nitrogens with one attached hydrogen (secondary N) is 1. The Hall–Kier alpha value is -1.80. The highest BCUT2D eigenvalue weighted by Gasteiger charge is 2.13. The standard InChI is InChI=1S/C11H13ClN4O/c1-3-14-9(17)7-16(2)11-10(12)8(6-13)4-5-15-11/h4-5H,3,7H2,1-2H3,(H,14,17). The van der Waals surface area contributed by atoms with Crippen LogP contribution in [0.2, 0.25) is 5.02 Å². The first-order valence-electron chi connectivity index (χ1n) is 5.12. The quantitative estimate of drug-likeness (QED) is 0.874. The fraction of sp³-hybridized carbons (Fsp3) is 0.364. The summed E-state index contributed by atoms with van der Waals surface area (Å²) in [5.41, 5.74) is 0.347. The summed E-state index contributed by atoms with van der Waals surface area (Å²) in [6, 6.07) is 3.50. The van der Waals surface area contributed by atoms with Crippen LogP contribution in [0.15, 0.2) is 12.3 Å². The molecule has 0 fully saturated rings. The van der Waals surface area contributed by atoms with Crippen LogP contribution >= 0.6 is 11.6 Å². The number of carbonyl (C=O) groups is 1. The Labute approximate surface area is 105 Å². The Morgan fingerprint density at radius 2 is 2.41 bits per heavy atom. The maximum atomic E-state index is 11.4. The number of pyridine rings is 1. The summed E-state index contributed by atoms with van der Waals surface area (Å²) in [5.74, 6) is 0.312. The molecule has 5 nitrogen and oxygen atoms in total. The molecule has 0 unspecified atom stereocenters. The van der Waals surface area contributed by atoms with E-state index in [1.165, 1.54) is 12.3 Å². The number of halogens is 1. The van der Waals surface area contributed by atoms with Gasteiger partial charge >= 0.3 is 0 Å². The normalized spacial score (nSPS) is 9.53. The number of likely N-dealkylation sites (N-methyl/N-ethyl adjacent to an activating group) is 2. The van der Waals surface area contributed by atoms with Crippen LogP contribution in [-0.2, 0) is 4.79 Å². The summed E-state index contributed by atoms with van der Waals surface area (Å²) in [6.45, 7) is 2.57. The minimum absolute atomic E-state index is 0.116. The van der Waals surface area contributed by atoms with E-state index in [1.54, 1.807) is 11.9 Å². The van der Waals surface area contributed by atoms with Crippen molar-refractivity contribution in [2.24, 2.45) is 0 Å². The number of nitriles is 1. The molecular formula is C11H13ClN4O. The molecule has 17 heavy (non-hydrogen) atoms. The molecule has 6 heteroatoms. The van der Waals surface area contributed by atoms with E-state index in [0.717, 1.165) is 0 Å². The lowest BCUT2D eigenvalue weighted by Gasteiger charge is -2.18. The molecule has 90 valence electrons. The van der Waals surface area contributed by atoms with E-state index in [4.69, 9.17) is 16.9 Å². The van der Waals surface area contributed by atoms with Crippen molar-refractivity contribution in [2.45, 2.75) is 6.92 Å². The number of nitrogens with zero attached hydrogens (tertiary/aromatic N) is 3. The van der Waals surface area contributed by atoms with Crippen LogP contribution in [0.3, 0.4) is 0 Å². The van der Waals surface area contributed by atoms with Gasteiger partial charge in [0, 0.05) is 19.8 Å². The van der Waals surface area contributed by atoms with Crippen molar-refractivity contribution >= 4 is 23.3 Å². The SMILES string of the molecule is CCNC(=O)CN(C)c1nccc(C#N)c1Cl. The molecule has 0 saturated heterocycles. The molecule has 1 aromatic heterocycles. The van der Waals surface area contributed by atoms with Gasteiger partial charge < -0.3 is 10.2 Å². The van der Waals surface area contributed by atoms with Crippen molar-refractivity contribution in [3.63, 3.8) is 0 Å². The molecule has 0 aliphatic rings. The van der Waals surface area contributed by atoms with Crippen LogP contribution < -0.4 is 10.2 Å². The van der Waals surface area contributed by atoms with Crippen molar-refractivity contribution in [3.8, 4) is 6.07 Å².